The molecular formula is C9H5F2N5O3. The van der Waals surface area contributed by atoms with Gasteiger partial charge in [-0.05, 0) is 11.3 Å². The summed E-state index contributed by atoms with van der Waals surface area (Å²) in [7, 11) is 0. The third kappa shape index (κ3) is 2.51. The number of halogens is 2. The van der Waals surface area contributed by atoms with Crippen LogP contribution in [0.25, 0.3) is 0 Å². The molecule has 1 amide bonds. The van der Waals surface area contributed by atoms with Gasteiger partial charge in [0.15, 0.2) is 0 Å². The van der Waals surface area contributed by atoms with Crippen LogP contribution in [-0.2, 0) is 0 Å². The summed E-state index contributed by atoms with van der Waals surface area (Å²) < 4.78 is 26.5. The fraction of sp³-hybridized carbons (Fsp3) is 0. The number of aromatic nitrogens is 4. The highest BCUT2D eigenvalue weighted by atomic mass is 19.1. The van der Waals surface area contributed by atoms with Gasteiger partial charge in [-0.25, -0.2) is 13.6 Å². The molecule has 0 aliphatic rings. The van der Waals surface area contributed by atoms with Crippen molar-refractivity contribution in [3.8, 4) is 0 Å². The number of carboxylic acid groups (broad SMARTS) is 1. The highest BCUT2D eigenvalue weighted by Crippen LogP contribution is 2.20. The van der Waals surface area contributed by atoms with E-state index in [0.717, 1.165) is 0 Å². The predicted octanol–water partition coefficient (Wildman–Crippen LogP) is 0.428. The lowest BCUT2D eigenvalue weighted by Gasteiger charge is -2.06. The summed E-state index contributed by atoms with van der Waals surface area (Å²) in [6.45, 7) is 0. The van der Waals surface area contributed by atoms with Crippen molar-refractivity contribution in [1.82, 2.24) is 20.6 Å². The van der Waals surface area contributed by atoms with E-state index in [-0.39, 0.29) is 5.82 Å². The Morgan fingerprint density at radius 1 is 1.26 bits per heavy atom. The van der Waals surface area contributed by atoms with Crippen LogP contribution in [0.5, 0.6) is 0 Å². The van der Waals surface area contributed by atoms with Crippen LogP contribution in [0.15, 0.2) is 12.1 Å². The zero-order valence-electron chi connectivity index (χ0n) is 9.02. The summed E-state index contributed by atoms with van der Waals surface area (Å²) in [6, 6.07) is 1.01. The Morgan fingerprint density at radius 2 is 2.00 bits per heavy atom. The average molecular weight is 269 g/mol. The summed E-state index contributed by atoms with van der Waals surface area (Å²) in [5.74, 6) is -5.26. The number of aromatic amines is 1. The van der Waals surface area contributed by atoms with E-state index in [4.69, 9.17) is 5.11 Å². The smallest absolute Gasteiger partial charge is 0.338 e. The van der Waals surface area contributed by atoms with Gasteiger partial charge < -0.3 is 10.4 Å². The van der Waals surface area contributed by atoms with Gasteiger partial charge in [-0.3, -0.25) is 4.79 Å². The molecule has 2 rings (SSSR count). The number of nitrogens with zero attached hydrogens (tertiary/aromatic N) is 3. The van der Waals surface area contributed by atoms with Crippen molar-refractivity contribution < 1.29 is 23.5 Å². The number of hydrogen-bond donors (Lipinski definition) is 3. The van der Waals surface area contributed by atoms with Gasteiger partial charge in [0.2, 0.25) is 0 Å². The molecule has 0 saturated carbocycles. The Balaban J connectivity index is 2.32. The molecule has 0 unspecified atom stereocenters. The molecule has 3 N–H and O–H groups in total. The topological polar surface area (TPSA) is 121 Å². The molecular weight excluding hydrogens is 264 g/mol. The highest BCUT2D eigenvalue weighted by molar-refractivity contribution is 6.02. The Kier molecular flexibility index (Phi) is 3.14. The Hall–Kier alpha value is -2.91. The number of aromatic carboxylic acids is 1. The van der Waals surface area contributed by atoms with E-state index >= 15 is 0 Å². The van der Waals surface area contributed by atoms with E-state index in [1.807, 2.05) is 10.5 Å². The van der Waals surface area contributed by atoms with Crippen LogP contribution in [0.3, 0.4) is 0 Å². The number of benzene rings is 1. The van der Waals surface area contributed by atoms with Gasteiger partial charge in [0.05, 0.1) is 11.3 Å². The Labute approximate surface area is 103 Å². The van der Waals surface area contributed by atoms with Gasteiger partial charge in [-0.2, -0.15) is 5.21 Å². The zero-order valence-corrected chi connectivity index (χ0v) is 9.02. The first-order valence-electron chi connectivity index (χ1n) is 4.76. The van der Waals surface area contributed by atoms with E-state index in [1.54, 1.807) is 0 Å². The number of amides is 1. The van der Waals surface area contributed by atoms with Crippen LogP contribution >= 0.6 is 0 Å². The third-order valence-electron chi connectivity index (χ3n) is 2.08. The van der Waals surface area contributed by atoms with Crippen LogP contribution < -0.4 is 5.32 Å². The zero-order chi connectivity index (χ0) is 14.0. The van der Waals surface area contributed by atoms with E-state index in [2.05, 4.69) is 15.4 Å². The first-order valence-corrected chi connectivity index (χ1v) is 4.76. The van der Waals surface area contributed by atoms with E-state index in [9.17, 15) is 18.4 Å². The molecule has 0 aliphatic carbocycles. The Bertz CT molecular complexity index is 644. The lowest BCUT2D eigenvalue weighted by molar-refractivity contribution is 0.0691. The summed E-state index contributed by atoms with van der Waals surface area (Å²) in [5, 5.41) is 22.5. The van der Waals surface area contributed by atoms with Crippen LogP contribution in [0.4, 0.5) is 14.5 Å². The number of carbonyl (C=O) groups excluding carboxylic acids is 1. The van der Waals surface area contributed by atoms with Crippen molar-refractivity contribution in [3.63, 3.8) is 0 Å². The minimum Gasteiger partial charge on any atom is -0.478 e. The third-order valence-corrected chi connectivity index (χ3v) is 2.08. The summed E-state index contributed by atoms with van der Waals surface area (Å²) in [4.78, 5) is 22.2. The fourth-order valence-electron chi connectivity index (χ4n) is 1.24. The number of nitrogens with one attached hydrogen (secondary N) is 2. The van der Waals surface area contributed by atoms with Crippen molar-refractivity contribution >= 4 is 17.6 Å². The largest absolute Gasteiger partial charge is 0.478 e. The van der Waals surface area contributed by atoms with Crippen LogP contribution in [-0.4, -0.2) is 37.6 Å². The molecule has 0 radical (unpaired) electrons. The minimum atomic E-state index is -1.59. The van der Waals surface area contributed by atoms with Crippen molar-refractivity contribution in [1.29, 1.82) is 0 Å². The van der Waals surface area contributed by atoms with E-state index in [1.165, 1.54) is 0 Å². The summed E-state index contributed by atoms with van der Waals surface area (Å²) in [5.41, 5.74) is -1.28. The van der Waals surface area contributed by atoms with Crippen molar-refractivity contribution in [2.45, 2.75) is 0 Å². The maximum atomic E-state index is 13.4. The van der Waals surface area contributed by atoms with Crippen molar-refractivity contribution in [2.24, 2.45) is 0 Å². The predicted molar refractivity (Wildman–Crippen MR) is 55.4 cm³/mol. The molecule has 0 saturated heterocycles. The second-order valence-electron chi connectivity index (χ2n) is 3.31. The van der Waals surface area contributed by atoms with Gasteiger partial charge in [-0.1, -0.05) is 0 Å². The number of carboxylic acids is 1. The average Bonchev–Trinajstić information content (AvgIpc) is 2.85. The summed E-state index contributed by atoms with van der Waals surface area (Å²) >= 11 is 0. The normalized spacial score (nSPS) is 10.2. The standard InChI is InChI=1S/C9H5F2N5O3/c10-4-2-5(11)6(1-3(4)9(18)19)12-8(17)7-13-15-16-14-7/h1-2H,(H,12,17)(H,18,19)(H,13,14,15,16). The van der Waals surface area contributed by atoms with Crippen LogP contribution in [0.1, 0.15) is 21.0 Å². The maximum absolute atomic E-state index is 13.4. The monoisotopic (exact) mass is 269 g/mol. The molecule has 0 fully saturated rings. The van der Waals surface area contributed by atoms with Crippen LogP contribution in [0, 0.1) is 11.6 Å². The number of carbonyl (C=O) groups is 2. The number of hydrogen-bond acceptors (Lipinski definition) is 5. The van der Waals surface area contributed by atoms with E-state index in [0.29, 0.717) is 12.1 Å². The van der Waals surface area contributed by atoms with Crippen LogP contribution in [0.2, 0.25) is 0 Å². The molecule has 98 valence electrons. The SMILES string of the molecule is O=C(Nc1cc(C(=O)O)c(F)cc1F)c1nn[nH]n1. The number of rotatable bonds is 3. The molecule has 1 aromatic heterocycles. The molecule has 1 heterocycles. The number of tetrazole rings is 1. The lowest BCUT2D eigenvalue weighted by Crippen LogP contribution is -2.16. The molecule has 0 spiro atoms. The highest BCUT2D eigenvalue weighted by Gasteiger charge is 2.18. The van der Waals surface area contributed by atoms with Gasteiger partial charge >= 0.3 is 5.97 Å². The summed E-state index contributed by atoms with van der Waals surface area (Å²) in [6.07, 6.45) is 0. The first kappa shape index (κ1) is 12.5. The molecule has 0 bridgehead atoms. The molecule has 2 aromatic rings. The maximum Gasteiger partial charge on any atom is 0.338 e. The Morgan fingerprint density at radius 3 is 2.58 bits per heavy atom. The van der Waals surface area contributed by atoms with Gasteiger partial charge in [0, 0.05) is 6.07 Å². The molecule has 8 nitrogen and oxygen atoms in total. The van der Waals surface area contributed by atoms with Gasteiger partial charge in [-0.15, -0.1) is 10.2 Å². The quantitative estimate of drug-likeness (QED) is 0.742. The lowest BCUT2D eigenvalue weighted by atomic mass is 10.2. The van der Waals surface area contributed by atoms with E-state index < -0.39 is 34.8 Å². The molecule has 10 heteroatoms. The second kappa shape index (κ2) is 4.76. The molecule has 0 atom stereocenters. The molecule has 0 aliphatic heterocycles. The minimum absolute atomic E-state index is 0.356. The fourth-order valence-corrected chi connectivity index (χ4v) is 1.24. The molecule has 19 heavy (non-hydrogen) atoms. The van der Waals surface area contributed by atoms with Gasteiger partial charge in [0.1, 0.15) is 11.6 Å². The first-order chi connectivity index (χ1) is 8.99. The van der Waals surface area contributed by atoms with Crippen molar-refractivity contribution in [3.05, 3.63) is 35.2 Å². The second-order valence-corrected chi connectivity index (χ2v) is 3.31. The van der Waals surface area contributed by atoms with Crippen molar-refractivity contribution in [2.75, 3.05) is 5.32 Å². The number of H-pyrrole nitrogens is 1. The molecule has 1 aromatic carbocycles. The van der Waals surface area contributed by atoms with Gasteiger partial charge in [0.25, 0.3) is 11.7 Å². The number of anilines is 1.